The van der Waals surface area contributed by atoms with Crippen LogP contribution >= 0.6 is 0 Å². The molecule has 0 fully saturated rings. The van der Waals surface area contributed by atoms with E-state index in [0.29, 0.717) is 6.61 Å². The van der Waals surface area contributed by atoms with Crippen LogP contribution in [0.25, 0.3) is 0 Å². The number of hydrogen-bond donors (Lipinski definition) is 0. The van der Waals surface area contributed by atoms with Gasteiger partial charge < -0.3 is 4.43 Å². The Kier molecular flexibility index (Phi) is 6.48. The highest BCUT2D eigenvalue weighted by molar-refractivity contribution is 6.83. The van der Waals surface area contributed by atoms with Crippen LogP contribution in [0.1, 0.15) is 31.9 Å². The zero-order chi connectivity index (χ0) is 17.7. The summed E-state index contributed by atoms with van der Waals surface area (Å²) in [6, 6.07) is 8.30. The fraction of sp³-hybridized carbons (Fsp3) is 0.500. The van der Waals surface area contributed by atoms with E-state index in [9.17, 15) is 0 Å². The molecule has 0 aliphatic carbocycles. The van der Waals surface area contributed by atoms with Gasteiger partial charge in [0.15, 0.2) is 8.32 Å². The summed E-state index contributed by atoms with van der Waals surface area (Å²) in [4.78, 5) is 0. The molecule has 0 saturated carbocycles. The van der Waals surface area contributed by atoms with E-state index in [-0.39, 0.29) is 5.04 Å². The van der Waals surface area contributed by atoms with Crippen LogP contribution in [0.15, 0.2) is 24.3 Å². The van der Waals surface area contributed by atoms with Crippen molar-refractivity contribution in [1.82, 2.24) is 0 Å². The maximum atomic E-state index is 6.24. The van der Waals surface area contributed by atoms with Crippen LogP contribution in [0.2, 0.25) is 37.8 Å². The predicted molar refractivity (Wildman–Crippen MR) is 106 cm³/mol. The second-order valence-corrected chi connectivity index (χ2v) is 18.1. The highest BCUT2D eigenvalue weighted by Crippen LogP contribution is 2.37. The fourth-order valence-electron chi connectivity index (χ4n) is 1.49. The van der Waals surface area contributed by atoms with Crippen LogP contribution in [-0.2, 0) is 11.0 Å². The molecule has 0 radical (unpaired) electrons. The molecule has 0 aliphatic heterocycles. The summed E-state index contributed by atoms with van der Waals surface area (Å²) >= 11 is 0. The van der Waals surface area contributed by atoms with Gasteiger partial charge in [-0.1, -0.05) is 58.5 Å². The summed E-state index contributed by atoms with van der Waals surface area (Å²) in [6.45, 7) is 18.7. The Hall–Kier alpha value is -1.27. The zero-order valence-electron chi connectivity index (χ0n) is 15.9. The second-order valence-electron chi connectivity index (χ2n) is 8.50. The van der Waals surface area contributed by atoms with Gasteiger partial charge in [0.1, 0.15) is 8.07 Å². The largest absolute Gasteiger partial charge is 0.413 e. The van der Waals surface area contributed by atoms with Gasteiger partial charge in [0.25, 0.3) is 0 Å². The highest BCUT2D eigenvalue weighted by atomic mass is 28.4. The van der Waals surface area contributed by atoms with E-state index < -0.39 is 16.4 Å². The Morgan fingerprint density at radius 1 is 0.913 bits per heavy atom. The maximum absolute atomic E-state index is 6.24. The molecule has 124 valence electrons. The second kappa shape index (κ2) is 7.54. The summed E-state index contributed by atoms with van der Waals surface area (Å²) in [5.74, 6) is 9.04. The molecule has 1 aromatic rings. The summed E-state index contributed by atoms with van der Waals surface area (Å²) < 4.78 is 6.24. The van der Waals surface area contributed by atoms with Gasteiger partial charge >= 0.3 is 0 Å². The van der Waals surface area contributed by atoms with Crippen molar-refractivity contribution in [2.45, 2.75) is 65.2 Å². The summed E-state index contributed by atoms with van der Waals surface area (Å²) in [5.41, 5.74) is 5.46. The average Bonchev–Trinajstić information content (AvgIpc) is 2.40. The van der Waals surface area contributed by atoms with Crippen LogP contribution in [0.5, 0.6) is 0 Å². The van der Waals surface area contributed by atoms with Crippen molar-refractivity contribution in [3.05, 3.63) is 35.4 Å². The van der Waals surface area contributed by atoms with Gasteiger partial charge in [-0.05, 0) is 47.7 Å². The first-order valence-corrected chi connectivity index (χ1v) is 14.6. The smallest absolute Gasteiger partial charge is 0.192 e. The Bertz CT molecular complexity index is 636. The molecular weight excluding hydrogens is 312 g/mol. The zero-order valence-corrected chi connectivity index (χ0v) is 17.9. The molecule has 0 amide bonds. The lowest BCUT2D eigenvalue weighted by atomic mass is 10.1. The lowest BCUT2D eigenvalue weighted by Gasteiger charge is -2.36. The number of rotatable bonds is 3. The summed E-state index contributed by atoms with van der Waals surface area (Å²) in [6.07, 6.45) is 0. The van der Waals surface area contributed by atoms with Gasteiger partial charge in [0, 0.05) is 5.56 Å². The van der Waals surface area contributed by atoms with Gasteiger partial charge in [0.05, 0.1) is 6.61 Å². The number of benzene rings is 1. The SMILES string of the molecule is CC(C)(C)[Si](C)(C)OCc1ccc(C#CC#C[Si](C)(C)C)cc1. The van der Waals surface area contributed by atoms with E-state index in [4.69, 9.17) is 4.43 Å². The third kappa shape index (κ3) is 7.23. The van der Waals surface area contributed by atoms with Crippen molar-refractivity contribution in [2.75, 3.05) is 0 Å². The van der Waals surface area contributed by atoms with Crippen LogP contribution in [0, 0.1) is 23.3 Å². The first kappa shape index (κ1) is 19.8. The molecule has 0 aromatic heterocycles. The Morgan fingerprint density at radius 2 is 1.48 bits per heavy atom. The molecule has 3 heteroatoms. The van der Waals surface area contributed by atoms with Gasteiger partial charge in [-0.15, -0.1) is 5.54 Å². The van der Waals surface area contributed by atoms with E-state index in [2.05, 4.69) is 88.9 Å². The molecule has 0 heterocycles. The lowest BCUT2D eigenvalue weighted by Crippen LogP contribution is -2.40. The molecule has 1 rings (SSSR count). The molecule has 0 unspecified atom stereocenters. The standard InChI is InChI=1S/C20H30OSi2/c1-20(2,3)23(7,8)21-17-19-14-12-18(13-15-19)11-9-10-16-22(4,5)6/h12-15H,17H2,1-8H3. The van der Waals surface area contributed by atoms with Gasteiger partial charge in [-0.3, -0.25) is 0 Å². The van der Waals surface area contributed by atoms with Crippen molar-refractivity contribution in [3.8, 4) is 23.3 Å². The Morgan fingerprint density at radius 3 is 1.96 bits per heavy atom. The van der Waals surface area contributed by atoms with E-state index in [0.717, 1.165) is 5.56 Å². The first-order valence-electron chi connectivity index (χ1n) is 8.17. The third-order valence-electron chi connectivity index (χ3n) is 4.07. The normalized spacial score (nSPS) is 12.0. The lowest BCUT2D eigenvalue weighted by molar-refractivity contribution is 0.276. The minimum Gasteiger partial charge on any atom is -0.413 e. The van der Waals surface area contributed by atoms with E-state index in [1.54, 1.807) is 0 Å². The van der Waals surface area contributed by atoms with Crippen molar-refractivity contribution in [2.24, 2.45) is 0 Å². The highest BCUT2D eigenvalue weighted by Gasteiger charge is 2.36. The van der Waals surface area contributed by atoms with Crippen molar-refractivity contribution < 1.29 is 4.43 Å². The van der Waals surface area contributed by atoms with E-state index in [1.807, 2.05) is 12.1 Å². The molecule has 0 spiro atoms. The number of hydrogen-bond acceptors (Lipinski definition) is 1. The molecule has 0 aliphatic rings. The summed E-state index contributed by atoms with van der Waals surface area (Å²) in [7, 11) is -3.01. The van der Waals surface area contributed by atoms with Crippen LogP contribution in [-0.4, -0.2) is 16.4 Å². The monoisotopic (exact) mass is 342 g/mol. The first-order chi connectivity index (χ1) is 10.4. The fourth-order valence-corrected chi connectivity index (χ4v) is 2.88. The molecular formula is C20H30OSi2. The molecule has 23 heavy (non-hydrogen) atoms. The van der Waals surface area contributed by atoms with Crippen LogP contribution < -0.4 is 0 Å². The maximum Gasteiger partial charge on any atom is 0.192 e. The van der Waals surface area contributed by atoms with Crippen molar-refractivity contribution >= 4 is 16.4 Å². The molecule has 0 bridgehead atoms. The minimum atomic E-state index is -1.69. The molecule has 0 saturated heterocycles. The average molecular weight is 343 g/mol. The molecule has 1 nitrogen and oxygen atoms in total. The molecule has 0 N–H and O–H groups in total. The third-order valence-corrected chi connectivity index (χ3v) is 9.42. The van der Waals surface area contributed by atoms with Crippen LogP contribution in [0.3, 0.4) is 0 Å². The minimum absolute atomic E-state index is 0.244. The molecule has 1 aromatic carbocycles. The predicted octanol–water partition coefficient (Wildman–Crippen LogP) is 5.44. The van der Waals surface area contributed by atoms with E-state index >= 15 is 0 Å². The Labute approximate surface area is 145 Å². The van der Waals surface area contributed by atoms with Gasteiger partial charge in [-0.25, -0.2) is 0 Å². The quantitative estimate of drug-likeness (QED) is 0.525. The Balaban J connectivity index is 2.68. The molecule has 0 atom stereocenters. The topological polar surface area (TPSA) is 9.23 Å². The van der Waals surface area contributed by atoms with E-state index in [1.165, 1.54) is 5.56 Å². The van der Waals surface area contributed by atoms with Gasteiger partial charge in [-0.2, -0.15) is 0 Å². The van der Waals surface area contributed by atoms with Gasteiger partial charge in [0.2, 0.25) is 0 Å². The summed E-state index contributed by atoms with van der Waals surface area (Å²) in [5, 5.41) is 0.244. The van der Waals surface area contributed by atoms with Crippen molar-refractivity contribution in [1.29, 1.82) is 0 Å². The van der Waals surface area contributed by atoms with Crippen molar-refractivity contribution in [3.63, 3.8) is 0 Å². The van der Waals surface area contributed by atoms with Crippen LogP contribution in [0.4, 0.5) is 0 Å².